The summed E-state index contributed by atoms with van der Waals surface area (Å²) < 4.78 is 25.2. The number of benzene rings is 2. The summed E-state index contributed by atoms with van der Waals surface area (Å²) in [5, 5.41) is 12.6. The Balaban J connectivity index is 1.88. The van der Waals surface area contributed by atoms with E-state index in [9.17, 15) is 4.39 Å². The van der Waals surface area contributed by atoms with E-state index >= 15 is 0 Å². The summed E-state index contributed by atoms with van der Waals surface area (Å²) in [7, 11) is 5.60. The number of nitrogens with zero attached hydrogens (tertiary/aromatic N) is 4. The van der Waals surface area contributed by atoms with Crippen LogP contribution in [-0.2, 0) is 0 Å². The zero-order valence-corrected chi connectivity index (χ0v) is 16.6. The molecule has 3 rings (SSSR count). The van der Waals surface area contributed by atoms with Crippen LogP contribution in [0.4, 0.5) is 15.9 Å². The second kappa shape index (κ2) is 9.17. The zero-order valence-electron chi connectivity index (χ0n) is 16.6. The third-order valence-electron chi connectivity index (χ3n) is 4.28. The Morgan fingerprint density at radius 1 is 1.17 bits per heavy atom. The van der Waals surface area contributed by atoms with Crippen molar-refractivity contribution in [3.05, 3.63) is 48.0 Å². The lowest BCUT2D eigenvalue weighted by atomic mass is 10.2. The summed E-state index contributed by atoms with van der Waals surface area (Å²) in [5.74, 6) is 1.07. The molecule has 2 aromatic carbocycles. The van der Waals surface area contributed by atoms with Crippen molar-refractivity contribution in [3.8, 4) is 17.6 Å². The molecule has 0 radical (unpaired) electrons. The number of rotatable bonds is 8. The van der Waals surface area contributed by atoms with Gasteiger partial charge in [0.1, 0.15) is 24.0 Å². The van der Waals surface area contributed by atoms with E-state index in [1.165, 1.54) is 18.5 Å². The Morgan fingerprint density at radius 2 is 2.00 bits per heavy atom. The first kappa shape index (κ1) is 20.3. The van der Waals surface area contributed by atoms with Crippen molar-refractivity contribution in [1.82, 2.24) is 14.9 Å². The van der Waals surface area contributed by atoms with E-state index in [1.807, 2.05) is 14.1 Å². The number of nitriles is 1. The normalized spacial score (nSPS) is 10.8. The third kappa shape index (κ3) is 4.89. The lowest BCUT2D eigenvalue weighted by molar-refractivity contribution is 0.268. The molecular formula is C21H22FN5O2. The standard InChI is InChI=1S/C21H22FN5O2/c1-27(2)7-4-8-29-20-11-18-16(10-19(20)28-3)21(25-13-24-18)26-15-6-5-14(12-23)17(22)9-15/h5-6,9-11,13H,4,7-8H2,1-3H3,(H,24,25,26). The van der Waals surface area contributed by atoms with Crippen LogP contribution in [0.3, 0.4) is 0 Å². The second-order valence-corrected chi connectivity index (χ2v) is 6.68. The van der Waals surface area contributed by atoms with Gasteiger partial charge in [0.15, 0.2) is 11.5 Å². The van der Waals surface area contributed by atoms with Crippen LogP contribution in [0.25, 0.3) is 10.9 Å². The van der Waals surface area contributed by atoms with Crippen LogP contribution in [0.2, 0.25) is 0 Å². The second-order valence-electron chi connectivity index (χ2n) is 6.68. The van der Waals surface area contributed by atoms with Crippen LogP contribution < -0.4 is 14.8 Å². The van der Waals surface area contributed by atoms with Crippen molar-refractivity contribution in [2.45, 2.75) is 6.42 Å². The number of methoxy groups -OCH3 is 1. The van der Waals surface area contributed by atoms with Gasteiger partial charge in [-0.25, -0.2) is 14.4 Å². The number of ether oxygens (including phenoxy) is 2. The van der Waals surface area contributed by atoms with Gasteiger partial charge in [0.05, 0.1) is 24.8 Å². The summed E-state index contributed by atoms with van der Waals surface area (Å²) in [6.45, 7) is 1.48. The first-order valence-corrected chi connectivity index (χ1v) is 9.08. The molecule has 8 heteroatoms. The highest BCUT2D eigenvalue weighted by atomic mass is 19.1. The topological polar surface area (TPSA) is 83.3 Å². The van der Waals surface area contributed by atoms with Gasteiger partial charge in [0.25, 0.3) is 0 Å². The molecule has 29 heavy (non-hydrogen) atoms. The minimum atomic E-state index is -0.596. The molecule has 0 bridgehead atoms. The maximum atomic E-state index is 13.9. The molecular weight excluding hydrogens is 373 g/mol. The van der Waals surface area contributed by atoms with Crippen molar-refractivity contribution in [1.29, 1.82) is 5.26 Å². The van der Waals surface area contributed by atoms with Crippen molar-refractivity contribution in [2.75, 3.05) is 39.7 Å². The first-order chi connectivity index (χ1) is 14.0. The summed E-state index contributed by atoms with van der Waals surface area (Å²) in [6, 6.07) is 9.69. The first-order valence-electron chi connectivity index (χ1n) is 9.08. The van der Waals surface area contributed by atoms with Gasteiger partial charge in [-0.2, -0.15) is 5.26 Å². The Labute approximate surface area is 168 Å². The van der Waals surface area contributed by atoms with Crippen LogP contribution in [0.5, 0.6) is 11.5 Å². The van der Waals surface area contributed by atoms with Crippen LogP contribution in [0, 0.1) is 17.1 Å². The molecule has 0 unspecified atom stereocenters. The fourth-order valence-corrected chi connectivity index (χ4v) is 2.82. The molecule has 1 heterocycles. The molecule has 1 N–H and O–H groups in total. The predicted octanol–water partition coefficient (Wildman–Crippen LogP) is 3.72. The SMILES string of the molecule is COc1cc2c(Nc3ccc(C#N)c(F)c3)ncnc2cc1OCCCN(C)C. The van der Waals surface area contributed by atoms with Crippen molar-refractivity contribution < 1.29 is 13.9 Å². The molecule has 7 nitrogen and oxygen atoms in total. The van der Waals surface area contributed by atoms with Crippen molar-refractivity contribution in [2.24, 2.45) is 0 Å². The number of hydrogen-bond donors (Lipinski definition) is 1. The predicted molar refractivity (Wildman–Crippen MR) is 109 cm³/mol. The minimum absolute atomic E-state index is 0.0131. The van der Waals surface area contributed by atoms with E-state index in [2.05, 4.69) is 20.2 Å². The highest BCUT2D eigenvalue weighted by Gasteiger charge is 2.12. The quantitative estimate of drug-likeness (QED) is 0.582. The number of fused-ring (bicyclic) bond motifs is 1. The number of halogens is 1. The highest BCUT2D eigenvalue weighted by molar-refractivity contribution is 5.93. The van der Waals surface area contributed by atoms with E-state index in [0.717, 1.165) is 13.0 Å². The maximum absolute atomic E-state index is 13.9. The molecule has 150 valence electrons. The van der Waals surface area contributed by atoms with Gasteiger partial charge < -0.3 is 19.7 Å². The lowest BCUT2D eigenvalue weighted by Gasteiger charge is -2.15. The molecule has 0 amide bonds. The fourth-order valence-electron chi connectivity index (χ4n) is 2.82. The van der Waals surface area contributed by atoms with E-state index in [-0.39, 0.29) is 5.56 Å². The molecule has 0 aliphatic rings. The van der Waals surface area contributed by atoms with E-state index in [4.69, 9.17) is 14.7 Å². The Bertz CT molecular complexity index is 1050. The Hall–Kier alpha value is -3.44. The molecule has 0 spiro atoms. The summed E-state index contributed by atoms with van der Waals surface area (Å²) in [4.78, 5) is 10.7. The maximum Gasteiger partial charge on any atom is 0.163 e. The van der Waals surface area contributed by atoms with Crippen LogP contribution in [-0.4, -0.2) is 49.2 Å². The Kier molecular flexibility index (Phi) is 6.42. The fraction of sp³-hybridized carbons (Fsp3) is 0.286. The number of aromatic nitrogens is 2. The van der Waals surface area contributed by atoms with Gasteiger partial charge in [-0.3, -0.25) is 0 Å². The van der Waals surface area contributed by atoms with Crippen molar-refractivity contribution in [3.63, 3.8) is 0 Å². The van der Waals surface area contributed by atoms with E-state index in [1.54, 1.807) is 31.4 Å². The van der Waals surface area contributed by atoms with Gasteiger partial charge in [-0.1, -0.05) is 0 Å². The average molecular weight is 395 g/mol. The van der Waals surface area contributed by atoms with Crippen LogP contribution >= 0.6 is 0 Å². The molecule has 0 saturated carbocycles. The van der Waals surface area contributed by atoms with Gasteiger partial charge in [-0.15, -0.1) is 0 Å². The van der Waals surface area contributed by atoms with Crippen LogP contribution in [0.1, 0.15) is 12.0 Å². The number of hydrogen-bond acceptors (Lipinski definition) is 7. The molecule has 0 aliphatic heterocycles. The summed E-state index contributed by atoms with van der Waals surface area (Å²) >= 11 is 0. The van der Waals surface area contributed by atoms with Gasteiger partial charge >= 0.3 is 0 Å². The minimum Gasteiger partial charge on any atom is -0.493 e. The zero-order chi connectivity index (χ0) is 20.8. The largest absolute Gasteiger partial charge is 0.493 e. The molecule has 0 atom stereocenters. The smallest absolute Gasteiger partial charge is 0.163 e. The number of nitrogens with one attached hydrogen (secondary N) is 1. The van der Waals surface area contributed by atoms with E-state index in [0.29, 0.717) is 40.5 Å². The molecule has 0 fully saturated rings. The van der Waals surface area contributed by atoms with Gasteiger partial charge in [-0.05, 0) is 44.8 Å². The van der Waals surface area contributed by atoms with Crippen LogP contribution in [0.15, 0.2) is 36.7 Å². The van der Waals surface area contributed by atoms with Gasteiger partial charge in [0, 0.05) is 23.7 Å². The summed E-state index contributed by atoms with van der Waals surface area (Å²) in [6.07, 6.45) is 2.31. The molecule has 0 aliphatic carbocycles. The highest BCUT2D eigenvalue weighted by Crippen LogP contribution is 2.34. The molecule has 1 aromatic heterocycles. The molecule has 3 aromatic rings. The third-order valence-corrected chi connectivity index (χ3v) is 4.28. The van der Waals surface area contributed by atoms with E-state index < -0.39 is 5.82 Å². The monoisotopic (exact) mass is 395 g/mol. The average Bonchev–Trinajstić information content (AvgIpc) is 2.71. The number of anilines is 2. The Morgan fingerprint density at radius 3 is 2.69 bits per heavy atom. The van der Waals surface area contributed by atoms with Gasteiger partial charge in [0.2, 0.25) is 0 Å². The lowest BCUT2D eigenvalue weighted by Crippen LogP contribution is -2.15. The van der Waals surface area contributed by atoms with Crippen molar-refractivity contribution >= 4 is 22.4 Å². The summed E-state index contributed by atoms with van der Waals surface area (Å²) in [5.41, 5.74) is 1.13. The molecule has 0 saturated heterocycles.